The molecule has 0 aliphatic heterocycles. The molecule has 0 radical (unpaired) electrons. The van der Waals surface area contributed by atoms with Gasteiger partial charge in [-0.05, 0) is 30.5 Å². The Labute approximate surface area is 87.7 Å². The molecule has 0 amide bonds. The Morgan fingerprint density at radius 3 is 2.47 bits per heavy atom. The van der Waals surface area contributed by atoms with E-state index in [1.54, 1.807) is 6.07 Å². The minimum absolute atomic E-state index is 0.0335. The molecule has 0 saturated heterocycles. The molecule has 0 aromatic heterocycles. The van der Waals surface area contributed by atoms with Crippen LogP contribution >= 0.6 is 0 Å². The van der Waals surface area contributed by atoms with Crippen LogP contribution < -0.4 is 0 Å². The summed E-state index contributed by atoms with van der Waals surface area (Å²) in [6.07, 6.45) is 3.25. The predicted molar refractivity (Wildman–Crippen MR) is 53.6 cm³/mol. The molecule has 1 aromatic carbocycles. The maximum absolute atomic E-state index is 13.0. The van der Waals surface area contributed by atoms with Gasteiger partial charge in [-0.15, -0.1) is 0 Å². The zero-order valence-electron chi connectivity index (χ0n) is 8.42. The number of aliphatic hydroxyl groups excluding tert-OH is 1. The number of aliphatic hydroxyl groups is 1. The van der Waals surface area contributed by atoms with Crippen molar-refractivity contribution < 1.29 is 13.9 Å². The second-order valence-corrected chi connectivity index (χ2v) is 4.13. The lowest BCUT2D eigenvalue weighted by Gasteiger charge is -2.27. The fourth-order valence-electron chi connectivity index (χ4n) is 2.24. The molecule has 1 nitrogen and oxygen atoms in total. The molecule has 1 saturated carbocycles. The summed E-state index contributed by atoms with van der Waals surface area (Å²) in [6.45, 7) is 0. The highest BCUT2D eigenvalue weighted by Gasteiger charge is 2.25. The molecule has 15 heavy (non-hydrogen) atoms. The molecule has 0 bridgehead atoms. The second-order valence-electron chi connectivity index (χ2n) is 4.13. The van der Waals surface area contributed by atoms with Gasteiger partial charge in [0.05, 0.1) is 6.10 Å². The molecule has 1 aliphatic carbocycles. The lowest BCUT2D eigenvalue weighted by Crippen LogP contribution is -2.22. The SMILES string of the molecule is O[C@@H]1CCCC[C@@H]1c1ccc(F)c(F)c1. The van der Waals surface area contributed by atoms with E-state index < -0.39 is 17.7 Å². The maximum atomic E-state index is 13.0. The topological polar surface area (TPSA) is 20.2 Å². The molecule has 1 fully saturated rings. The molecule has 2 rings (SSSR count). The molecule has 1 aliphatic rings. The van der Waals surface area contributed by atoms with Gasteiger partial charge < -0.3 is 5.11 Å². The molecule has 0 spiro atoms. The maximum Gasteiger partial charge on any atom is 0.159 e. The third-order valence-electron chi connectivity index (χ3n) is 3.10. The van der Waals surface area contributed by atoms with E-state index in [0.717, 1.165) is 31.7 Å². The van der Waals surface area contributed by atoms with Gasteiger partial charge in [-0.3, -0.25) is 0 Å². The summed E-state index contributed by atoms with van der Waals surface area (Å²) in [5, 5.41) is 9.77. The fourth-order valence-corrected chi connectivity index (χ4v) is 2.24. The van der Waals surface area contributed by atoms with Crippen molar-refractivity contribution in [2.24, 2.45) is 0 Å². The first-order valence-corrected chi connectivity index (χ1v) is 5.31. The Kier molecular flexibility index (Phi) is 3.00. The van der Waals surface area contributed by atoms with Crippen LogP contribution in [0.15, 0.2) is 18.2 Å². The van der Waals surface area contributed by atoms with Gasteiger partial charge in [-0.2, -0.15) is 0 Å². The number of rotatable bonds is 1. The van der Waals surface area contributed by atoms with Crippen molar-refractivity contribution in [2.45, 2.75) is 37.7 Å². The highest BCUT2D eigenvalue weighted by molar-refractivity contribution is 5.23. The molecular weight excluding hydrogens is 198 g/mol. The van der Waals surface area contributed by atoms with Gasteiger partial charge in [-0.25, -0.2) is 8.78 Å². The van der Waals surface area contributed by atoms with Crippen LogP contribution in [0, 0.1) is 11.6 Å². The van der Waals surface area contributed by atoms with Gasteiger partial charge in [0.25, 0.3) is 0 Å². The Morgan fingerprint density at radius 2 is 1.80 bits per heavy atom. The van der Waals surface area contributed by atoms with E-state index in [1.165, 1.54) is 6.07 Å². The molecule has 2 atom stereocenters. The van der Waals surface area contributed by atoms with Gasteiger partial charge in [0, 0.05) is 5.92 Å². The Balaban J connectivity index is 2.24. The summed E-state index contributed by atoms with van der Waals surface area (Å²) in [5.41, 5.74) is 0.709. The van der Waals surface area contributed by atoms with Crippen LogP contribution in [0.2, 0.25) is 0 Å². The molecule has 1 N–H and O–H groups in total. The standard InChI is InChI=1S/C12H14F2O/c13-10-6-5-8(7-11(10)14)9-3-1-2-4-12(9)15/h5-7,9,12,15H,1-4H2/t9-,12-/m1/s1. The van der Waals surface area contributed by atoms with Crippen molar-refractivity contribution in [3.05, 3.63) is 35.4 Å². The molecule has 0 unspecified atom stereocenters. The number of hydrogen-bond acceptors (Lipinski definition) is 1. The van der Waals surface area contributed by atoms with Crippen molar-refractivity contribution in [1.82, 2.24) is 0 Å². The molecular formula is C12H14F2O. The molecule has 1 aromatic rings. The highest BCUT2D eigenvalue weighted by atomic mass is 19.2. The molecule has 0 heterocycles. The first-order valence-electron chi connectivity index (χ1n) is 5.31. The minimum Gasteiger partial charge on any atom is -0.392 e. The second kappa shape index (κ2) is 4.27. The van der Waals surface area contributed by atoms with E-state index >= 15 is 0 Å². The lowest BCUT2D eigenvalue weighted by atomic mass is 9.82. The monoisotopic (exact) mass is 212 g/mol. The van der Waals surface area contributed by atoms with Crippen molar-refractivity contribution in [3.8, 4) is 0 Å². The average Bonchev–Trinajstić information content (AvgIpc) is 2.23. The summed E-state index contributed by atoms with van der Waals surface area (Å²) in [7, 11) is 0. The van der Waals surface area contributed by atoms with Crippen molar-refractivity contribution in [1.29, 1.82) is 0 Å². The van der Waals surface area contributed by atoms with Crippen LogP contribution in [0.5, 0.6) is 0 Å². The van der Waals surface area contributed by atoms with E-state index in [4.69, 9.17) is 0 Å². The summed E-state index contributed by atoms with van der Waals surface area (Å²) in [6, 6.07) is 3.90. The zero-order valence-corrected chi connectivity index (χ0v) is 8.42. The first-order chi connectivity index (χ1) is 7.18. The summed E-state index contributed by atoms with van der Waals surface area (Å²) >= 11 is 0. The molecule has 82 valence electrons. The first kappa shape index (κ1) is 10.6. The minimum atomic E-state index is -0.830. The summed E-state index contributed by atoms with van der Waals surface area (Å²) < 4.78 is 25.7. The lowest BCUT2D eigenvalue weighted by molar-refractivity contribution is 0.106. The van der Waals surface area contributed by atoms with Crippen LogP contribution in [0.3, 0.4) is 0 Å². The van der Waals surface area contributed by atoms with Crippen LogP contribution in [-0.4, -0.2) is 11.2 Å². The van der Waals surface area contributed by atoms with Crippen LogP contribution in [0.1, 0.15) is 37.2 Å². The van der Waals surface area contributed by atoms with Crippen molar-refractivity contribution >= 4 is 0 Å². The van der Waals surface area contributed by atoms with Crippen molar-refractivity contribution in [3.63, 3.8) is 0 Å². The van der Waals surface area contributed by atoms with Crippen LogP contribution in [-0.2, 0) is 0 Å². The fraction of sp³-hybridized carbons (Fsp3) is 0.500. The highest BCUT2D eigenvalue weighted by Crippen LogP contribution is 2.33. The quantitative estimate of drug-likeness (QED) is 0.758. The smallest absolute Gasteiger partial charge is 0.159 e. The predicted octanol–water partition coefficient (Wildman–Crippen LogP) is 2.98. The third-order valence-corrected chi connectivity index (χ3v) is 3.10. The number of hydrogen-bond donors (Lipinski definition) is 1. The van der Waals surface area contributed by atoms with Gasteiger partial charge in [0.2, 0.25) is 0 Å². The summed E-state index contributed by atoms with van der Waals surface area (Å²) in [5.74, 6) is -1.69. The van der Waals surface area contributed by atoms with E-state index in [9.17, 15) is 13.9 Å². The van der Waals surface area contributed by atoms with Gasteiger partial charge in [-0.1, -0.05) is 18.9 Å². The Hall–Kier alpha value is -0.960. The number of benzene rings is 1. The average molecular weight is 212 g/mol. The van der Waals surface area contributed by atoms with E-state index in [1.807, 2.05) is 0 Å². The Bertz CT molecular complexity index is 351. The van der Waals surface area contributed by atoms with Gasteiger partial charge >= 0.3 is 0 Å². The van der Waals surface area contributed by atoms with Crippen molar-refractivity contribution in [2.75, 3.05) is 0 Å². The normalized spacial score (nSPS) is 26.6. The third kappa shape index (κ3) is 2.17. The van der Waals surface area contributed by atoms with E-state index in [2.05, 4.69) is 0 Å². The van der Waals surface area contributed by atoms with Crippen LogP contribution in [0.25, 0.3) is 0 Å². The largest absolute Gasteiger partial charge is 0.392 e. The Morgan fingerprint density at radius 1 is 1.07 bits per heavy atom. The van der Waals surface area contributed by atoms with E-state index in [-0.39, 0.29) is 5.92 Å². The summed E-state index contributed by atoms with van der Waals surface area (Å²) in [4.78, 5) is 0. The van der Waals surface area contributed by atoms with E-state index in [0.29, 0.717) is 5.56 Å². The zero-order chi connectivity index (χ0) is 10.8. The number of halogens is 2. The van der Waals surface area contributed by atoms with Gasteiger partial charge in [0.1, 0.15) is 0 Å². The molecule has 3 heteroatoms. The van der Waals surface area contributed by atoms with Crippen LogP contribution in [0.4, 0.5) is 8.78 Å². The van der Waals surface area contributed by atoms with Gasteiger partial charge in [0.15, 0.2) is 11.6 Å².